The van der Waals surface area contributed by atoms with Gasteiger partial charge >= 0.3 is 22.2 Å². The number of ether oxygens (including phenoxy) is 12. The number of nitrogens with one attached hydrogen (secondary N) is 2. The smallest absolute Gasteiger partial charge is 0.407 e. The number of benzene rings is 2. The van der Waals surface area contributed by atoms with E-state index in [1.54, 1.807) is 18.5 Å². The number of amidine groups is 1. The Morgan fingerprint density at radius 1 is 0.705 bits per heavy atom. The molecule has 1 atom stereocenters. The molecule has 27 nitrogen and oxygen atoms in total. The van der Waals surface area contributed by atoms with Crippen LogP contribution in [0.25, 0.3) is 17.2 Å². The highest BCUT2D eigenvalue weighted by molar-refractivity contribution is 7.85. The third-order valence-corrected chi connectivity index (χ3v) is 13.3. The number of carbonyl (C=O) groups is 3. The summed E-state index contributed by atoms with van der Waals surface area (Å²) in [5.41, 5.74) is 9.55. The molecule has 3 aromatic rings. The van der Waals surface area contributed by atoms with Gasteiger partial charge in [0.2, 0.25) is 17.4 Å². The molecule has 88 heavy (non-hydrogen) atoms. The van der Waals surface area contributed by atoms with Gasteiger partial charge in [-0.1, -0.05) is 19.1 Å². The monoisotopic (exact) mass is 1280 g/mol. The van der Waals surface area contributed by atoms with Crippen molar-refractivity contribution in [3.05, 3.63) is 70.8 Å². The third kappa shape index (κ3) is 27.4. The summed E-state index contributed by atoms with van der Waals surface area (Å²) in [5, 5.41) is 17.4. The van der Waals surface area contributed by atoms with Crippen molar-refractivity contribution in [2.24, 2.45) is 10.7 Å². The third-order valence-electron chi connectivity index (χ3n) is 12.4. The van der Waals surface area contributed by atoms with E-state index in [1.807, 2.05) is 25.1 Å². The zero-order valence-corrected chi connectivity index (χ0v) is 49.9. The maximum Gasteiger partial charge on any atom is 0.407 e. The molecule has 0 saturated heterocycles. The van der Waals surface area contributed by atoms with Crippen LogP contribution in [0.2, 0.25) is 0 Å². The highest BCUT2D eigenvalue weighted by atomic mass is 32.2. The van der Waals surface area contributed by atoms with E-state index in [0.29, 0.717) is 141 Å². The predicted octanol–water partition coefficient (Wildman–Crippen LogP) is 4.13. The van der Waals surface area contributed by atoms with Crippen LogP contribution in [0.15, 0.2) is 46.1 Å². The Hall–Kier alpha value is -5.95. The fourth-order valence-corrected chi connectivity index (χ4v) is 8.33. The average molecular weight is 1280 g/mol. The SMILES string of the molecule is CCCN(OCCNC(=O)OC1CCC1)C(=O)C1=Cc2ccc(-c3cnc(CNC(O)CCOCCOCCOCCOCCOCCOCCOCCOCCOCCOCCC(=O)Oc4c(F)c(F)c(S(=O)(=O)O)c(F)c4F)nc3)cc2N=C(N)C1. The van der Waals surface area contributed by atoms with Crippen molar-refractivity contribution in [1.82, 2.24) is 25.7 Å². The number of aliphatic hydroxyl groups excluding tert-OH is 1. The van der Waals surface area contributed by atoms with Gasteiger partial charge in [-0.2, -0.15) is 17.2 Å². The molecule has 0 spiro atoms. The van der Waals surface area contributed by atoms with Crippen molar-refractivity contribution in [3.8, 4) is 16.9 Å². The second-order valence-corrected chi connectivity index (χ2v) is 20.5. The average Bonchev–Trinajstić information content (AvgIpc) is 1.87. The van der Waals surface area contributed by atoms with Crippen LogP contribution >= 0.6 is 0 Å². The Labute approximate surface area is 507 Å². The number of aliphatic imine (C=N–C) groups is 1. The van der Waals surface area contributed by atoms with Crippen LogP contribution in [0.4, 0.5) is 28.0 Å². The summed E-state index contributed by atoms with van der Waals surface area (Å²) in [5.74, 6) is -12.3. The number of nitrogens with zero attached hydrogens (tertiary/aromatic N) is 4. The van der Waals surface area contributed by atoms with E-state index >= 15 is 0 Å². The van der Waals surface area contributed by atoms with Crippen LogP contribution in [0.1, 0.15) is 63.3 Å². The van der Waals surface area contributed by atoms with Gasteiger partial charge in [-0.3, -0.25) is 24.3 Å². The minimum absolute atomic E-state index is 0.0138. The molecule has 2 amide bonds. The van der Waals surface area contributed by atoms with E-state index in [1.165, 1.54) is 5.06 Å². The van der Waals surface area contributed by atoms with Crippen molar-refractivity contribution in [3.63, 3.8) is 0 Å². The lowest BCUT2D eigenvalue weighted by molar-refractivity contribution is -0.181. The topological polar surface area (TPSA) is 337 Å². The van der Waals surface area contributed by atoms with Gasteiger partial charge < -0.3 is 73.0 Å². The quantitative estimate of drug-likeness (QED) is 0.00775. The number of amides is 2. The minimum Gasteiger partial charge on any atom is -0.446 e. The van der Waals surface area contributed by atoms with Gasteiger partial charge in [0.05, 0.1) is 157 Å². The molecule has 492 valence electrons. The van der Waals surface area contributed by atoms with E-state index in [9.17, 15) is 45.5 Å². The first-order chi connectivity index (χ1) is 42.5. The maximum absolute atomic E-state index is 14.0. The number of aliphatic hydroxyl groups is 1. The molecule has 2 heterocycles. The molecule has 2 aliphatic rings. The Bertz CT molecular complexity index is 2740. The van der Waals surface area contributed by atoms with E-state index in [-0.39, 0.29) is 77.0 Å². The minimum atomic E-state index is -5.65. The molecule has 2 aromatic carbocycles. The normalized spacial score (nSPS) is 13.7. The number of esters is 1. The summed E-state index contributed by atoms with van der Waals surface area (Å²) >= 11 is 0. The van der Waals surface area contributed by atoms with Crippen LogP contribution in [0.5, 0.6) is 5.75 Å². The van der Waals surface area contributed by atoms with Gasteiger partial charge in [-0.25, -0.2) is 33.6 Å². The van der Waals surface area contributed by atoms with E-state index in [4.69, 9.17) is 67.2 Å². The van der Waals surface area contributed by atoms with Crippen LogP contribution in [-0.2, 0) is 83.2 Å². The molecule has 1 aliphatic carbocycles. The molecular formula is C56H79F4N7O20S. The van der Waals surface area contributed by atoms with Gasteiger partial charge in [-0.05, 0) is 43.4 Å². The van der Waals surface area contributed by atoms with Gasteiger partial charge in [-0.15, -0.1) is 0 Å². The number of halogens is 4. The van der Waals surface area contributed by atoms with Gasteiger partial charge in [0, 0.05) is 55.0 Å². The maximum atomic E-state index is 14.0. The lowest BCUT2D eigenvalue weighted by atomic mass is 9.96. The molecular weight excluding hydrogens is 1200 g/mol. The summed E-state index contributed by atoms with van der Waals surface area (Å²) in [6.07, 6.45) is 7.11. The van der Waals surface area contributed by atoms with Crippen LogP contribution in [0, 0.1) is 23.3 Å². The first-order valence-electron chi connectivity index (χ1n) is 28.7. The second kappa shape index (κ2) is 41.4. The van der Waals surface area contributed by atoms with E-state index in [2.05, 4.69) is 30.3 Å². The van der Waals surface area contributed by atoms with Crippen molar-refractivity contribution in [1.29, 1.82) is 0 Å². The predicted molar refractivity (Wildman–Crippen MR) is 303 cm³/mol. The van der Waals surface area contributed by atoms with Crippen LogP contribution < -0.4 is 21.1 Å². The second-order valence-electron chi connectivity index (χ2n) is 19.2. The Morgan fingerprint density at radius 3 is 1.68 bits per heavy atom. The number of hydroxylamine groups is 2. The number of carbonyl (C=O) groups excluding carboxylic acids is 3. The molecule has 1 aliphatic heterocycles. The molecule has 0 bridgehead atoms. The summed E-state index contributed by atoms with van der Waals surface area (Å²) in [7, 11) is -5.65. The lowest BCUT2D eigenvalue weighted by Crippen LogP contribution is -2.38. The number of fused-ring (bicyclic) bond motifs is 1. The molecule has 5 rings (SSSR count). The summed E-state index contributed by atoms with van der Waals surface area (Å²) in [6.45, 7) is 8.60. The van der Waals surface area contributed by atoms with Crippen molar-refractivity contribution >= 4 is 45.7 Å². The van der Waals surface area contributed by atoms with Crippen molar-refractivity contribution < 1.29 is 112 Å². The molecule has 1 saturated carbocycles. The van der Waals surface area contributed by atoms with Gasteiger partial charge in [0.25, 0.3) is 5.91 Å². The van der Waals surface area contributed by atoms with Gasteiger partial charge in [0.15, 0.2) is 16.5 Å². The number of rotatable bonds is 47. The molecule has 1 fully saturated rings. The molecule has 0 radical (unpaired) electrons. The van der Waals surface area contributed by atoms with Crippen LogP contribution in [-0.4, -0.2) is 221 Å². The van der Waals surface area contributed by atoms with E-state index in [0.717, 1.165) is 30.4 Å². The highest BCUT2D eigenvalue weighted by Crippen LogP contribution is 2.34. The molecule has 32 heteroatoms. The fourth-order valence-electron chi connectivity index (χ4n) is 7.70. The molecule has 1 unspecified atom stereocenters. The number of hydrogen-bond donors (Lipinski definition) is 5. The van der Waals surface area contributed by atoms with Gasteiger partial charge in [0.1, 0.15) is 24.0 Å². The van der Waals surface area contributed by atoms with Crippen molar-refractivity contribution in [2.45, 2.75) is 75.6 Å². The standard InChI is InChI=1S/C56H79F4N7O20S/c1-2-11-67(85-14-10-62-56(71)86-43-4-3-5-43)55(70)41-33-40-7-6-39(34-44(40)66-45(61)35-41)42-36-63-46(64-37-42)38-65-47(68)8-12-75-15-17-77-19-21-79-23-25-81-27-29-83-31-32-84-30-28-82-26-24-80-22-20-78-18-16-76-13-9-48(69)87-53-49(57)51(59)54(88(72,73)74)52(60)50(53)58/h6-7,33-34,36-37,43,47,65,68H,2-5,8-32,35,38H2,1H3,(H2,61,66)(H,62,71)(H,72,73,74). The summed E-state index contributed by atoms with van der Waals surface area (Å²) in [4.78, 5) is 54.5. The highest BCUT2D eigenvalue weighted by Gasteiger charge is 2.34. The number of nitrogens with two attached hydrogens (primary N) is 1. The lowest BCUT2D eigenvalue weighted by Gasteiger charge is -2.25. The fraction of sp³-hybridized carbons (Fsp3) is 0.607. The Balaban J connectivity index is 0.755. The number of hydrogen-bond acceptors (Lipinski definition) is 24. The summed E-state index contributed by atoms with van der Waals surface area (Å²) in [6, 6.07) is 5.60. The molecule has 1 aromatic heterocycles. The number of alkyl carbamates (subject to hydrolysis) is 1. The van der Waals surface area contributed by atoms with E-state index < -0.39 is 68.7 Å². The van der Waals surface area contributed by atoms with Crippen molar-refractivity contribution in [2.75, 3.05) is 152 Å². The first kappa shape index (κ1) is 72.8. The van der Waals surface area contributed by atoms with Crippen LogP contribution in [0.3, 0.4) is 0 Å². The Morgan fingerprint density at radius 2 is 1.20 bits per heavy atom. The largest absolute Gasteiger partial charge is 0.446 e. The Kier molecular flexibility index (Phi) is 34.2. The zero-order valence-electron chi connectivity index (χ0n) is 49.1. The first-order valence-corrected chi connectivity index (χ1v) is 30.1. The zero-order chi connectivity index (χ0) is 63.4. The summed E-state index contributed by atoms with van der Waals surface area (Å²) < 4.78 is 150. The molecule has 6 N–H and O–H groups in total. The number of aromatic nitrogens is 2.